The molecule has 0 aliphatic rings. The maximum Gasteiger partial charge on any atom is 0.311 e. The predicted molar refractivity (Wildman–Crippen MR) is 149 cm³/mol. The molecular weight excluding hydrogens is 416 g/mol. The number of hydrogen-bond donors (Lipinski definition) is 0. The Morgan fingerprint density at radius 3 is 1.68 bits per heavy atom. The van der Waals surface area contributed by atoms with Crippen LogP contribution in [0, 0.1) is 0 Å². The second kappa shape index (κ2) is 19.0. The fourth-order valence-corrected chi connectivity index (χ4v) is 3.69. The van der Waals surface area contributed by atoms with Gasteiger partial charge in [-0.15, -0.1) is 0 Å². The Hall–Kier alpha value is -2.35. The largest absolute Gasteiger partial charge is 0.426 e. The molecule has 0 saturated carbocycles. The van der Waals surface area contributed by atoms with Crippen LogP contribution >= 0.6 is 0 Å². The second-order valence-electron chi connectivity index (χ2n) is 9.53. The lowest BCUT2D eigenvalue weighted by Gasteiger charge is -2.18. The van der Waals surface area contributed by atoms with E-state index in [1.165, 1.54) is 25.7 Å². The number of ether oxygens (including phenoxy) is 1. The number of allylic oxidation sites excluding steroid dienone is 8. The monoisotopic (exact) mass is 464 g/mol. The van der Waals surface area contributed by atoms with Gasteiger partial charge in [-0.3, -0.25) is 4.79 Å². The molecule has 0 N–H and O–H groups in total. The first-order valence-electron chi connectivity index (χ1n) is 13.4. The number of carbonyl (C=O) groups is 1. The van der Waals surface area contributed by atoms with E-state index in [2.05, 4.69) is 101 Å². The zero-order valence-corrected chi connectivity index (χ0v) is 22.4. The van der Waals surface area contributed by atoms with Crippen LogP contribution in [0.1, 0.15) is 122 Å². The van der Waals surface area contributed by atoms with E-state index in [1.807, 2.05) is 0 Å². The predicted octanol–water partition coefficient (Wildman–Crippen LogP) is 9.98. The normalized spacial score (nSPS) is 12.4. The van der Waals surface area contributed by atoms with E-state index in [-0.39, 0.29) is 5.97 Å². The fraction of sp³-hybridized carbons (Fsp3) is 0.531. The summed E-state index contributed by atoms with van der Waals surface area (Å²) < 4.78 is 5.84. The summed E-state index contributed by atoms with van der Waals surface area (Å²) in [6.07, 6.45) is 28.0. The van der Waals surface area contributed by atoms with Crippen LogP contribution in [-0.2, 0) is 4.79 Å². The summed E-state index contributed by atoms with van der Waals surface area (Å²) in [5.74, 6) is 1.29. The first-order chi connectivity index (χ1) is 16.5. The minimum absolute atomic E-state index is 0.133. The molecule has 1 aromatic rings. The van der Waals surface area contributed by atoms with E-state index >= 15 is 0 Å². The summed E-state index contributed by atoms with van der Waals surface area (Å²) >= 11 is 0. The van der Waals surface area contributed by atoms with Crippen molar-refractivity contribution in [2.45, 2.75) is 111 Å². The van der Waals surface area contributed by atoms with Gasteiger partial charge in [0.05, 0.1) is 0 Å². The van der Waals surface area contributed by atoms with E-state index in [9.17, 15) is 4.79 Å². The number of benzene rings is 1. The molecule has 0 amide bonds. The van der Waals surface area contributed by atoms with Gasteiger partial charge >= 0.3 is 5.97 Å². The molecule has 2 heteroatoms. The molecule has 0 aliphatic heterocycles. The Bertz CT molecular complexity index is 767. The zero-order chi connectivity index (χ0) is 25.0. The van der Waals surface area contributed by atoms with Crippen molar-refractivity contribution < 1.29 is 9.53 Å². The van der Waals surface area contributed by atoms with Gasteiger partial charge in [-0.1, -0.05) is 114 Å². The van der Waals surface area contributed by atoms with Gasteiger partial charge in [0.25, 0.3) is 0 Å². The van der Waals surface area contributed by atoms with Crippen LogP contribution in [0.5, 0.6) is 5.75 Å². The quantitative estimate of drug-likeness (QED) is 0.0992. The van der Waals surface area contributed by atoms with Crippen molar-refractivity contribution in [3.63, 3.8) is 0 Å². The highest BCUT2D eigenvalue weighted by molar-refractivity contribution is 5.73. The molecule has 0 bridgehead atoms. The highest BCUT2D eigenvalue weighted by Gasteiger charge is 2.17. The maximum atomic E-state index is 12.5. The molecule has 1 rings (SSSR count). The molecule has 0 heterocycles. The fourth-order valence-electron chi connectivity index (χ4n) is 3.69. The number of carbonyl (C=O) groups excluding carboxylic acids is 1. The topological polar surface area (TPSA) is 26.3 Å². The molecule has 0 unspecified atom stereocenters. The Labute approximate surface area is 209 Å². The molecule has 0 aromatic heterocycles. The molecule has 0 spiro atoms. The molecule has 34 heavy (non-hydrogen) atoms. The summed E-state index contributed by atoms with van der Waals surface area (Å²) in [6, 6.07) is 6.20. The van der Waals surface area contributed by atoms with Gasteiger partial charge in [0, 0.05) is 6.42 Å². The van der Waals surface area contributed by atoms with Crippen LogP contribution < -0.4 is 4.74 Å². The number of unbranched alkanes of at least 4 members (excludes halogenated alkanes) is 4. The Morgan fingerprint density at radius 2 is 1.21 bits per heavy atom. The maximum absolute atomic E-state index is 12.5. The van der Waals surface area contributed by atoms with Gasteiger partial charge in [-0.25, -0.2) is 0 Å². The van der Waals surface area contributed by atoms with Crippen molar-refractivity contribution in [1.82, 2.24) is 0 Å². The van der Waals surface area contributed by atoms with Crippen LogP contribution in [0.3, 0.4) is 0 Å². The van der Waals surface area contributed by atoms with Crippen LogP contribution in [0.25, 0.3) is 0 Å². The van der Waals surface area contributed by atoms with Gasteiger partial charge in [0.2, 0.25) is 0 Å². The van der Waals surface area contributed by atoms with Crippen LogP contribution in [-0.4, -0.2) is 5.97 Å². The number of esters is 1. The first-order valence-corrected chi connectivity index (χ1v) is 13.4. The molecule has 2 nitrogen and oxygen atoms in total. The SMILES string of the molecule is CCCCC/C=C\C/C=C\C/C=C\C/C=C\CCCC(=O)Oc1c(C(C)C)cccc1C(C)C. The standard InChI is InChI=1S/C32H48O2/c1-6-7-8-9-10-11-12-13-14-15-16-17-18-19-20-21-22-26-31(33)34-32-29(27(2)3)24-23-25-30(32)28(4)5/h10-11,13-14,16-17,19-20,23-25,27-28H,6-9,12,15,18,21-22,26H2,1-5H3/b11-10-,14-13-,17-16-,20-19-. The van der Waals surface area contributed by atoms with Crippen LogP contribution in [0.4, 0.5) is 0 Å². The van der Waals surface area contributed by atoms with E-state index in [0.717, 1.165) is 49.0 Å². The van der Waals surface area contributed by atoms with Crippen molar-refractivity contribution in [3.05, 3.63) is 77.9 Å². The lowest BCUT2D eigenvalue weighted by atomic mass is 9.94. The Kier molecular flexibility index (Phi) is 16.6. The third kappa shape index (κ3) is 13.4. The van der Waals surface area contributed by atoms with E-state index < -0.39 is 0 Å². The van der Waals surface area contributed by atoms with Gasteiger partial charge in [0.15, 0.2) is 0 Å². The number of rotatable bonds is 17. The van der Waals surface area contributed by atoms with Crippen molar-refractivity contribution in [2.24, 2.45) is 0 Å². The van der Waals surface area contributed by atoms with Crippen LogP contribution in [0.2, 0.25) is 0 Å². The highest BCUT2D eigenvalue weighted by atomic mass is 16.5. The van der Waals surface area contributed by atoms with Crippen LogP contribution in [0.15, 0.2) is 66.8 Å². The number of hydrogen-bond acceptors (Lipinski definition) is 2. The van der Waals surface area contributed by atoms with E-state index in [4.69, 9.17) is 4.74 Å². The summed E-state index contributed by atoms with van der Waals surface area (Å²) in [4.78, 5) is 12.5. The van der Waals surface area contributed by atoms with Gasteiger partial charge < -0.3 is 4.74 Å². The van der Waals surface area contributed by atoms with Gasteiger partial charge in [0.1, 0.15) is 5.75 Å². The lowest BCUT2D eigenvalue weighted by Crippen LogP contribution is -2.12. The van der Waals surface area contributed by atoms with E-state index in [1.54, 1.807) is 0 Å². The molecule has 0 atom stereocenters. The van der Waals surface area contributed by atoms with Crippen molar-refractivity contribution in [3.8, 4) is 5.75 Å². The van der Waals surface area contributed by atoms with Crippen molar-refractivity contribution >= 4 is 5.97 Å². The van der Waals surface area contributed by atoms with Crippen molar-refractivity contribution in [2.75, 3.05) is 0 Å². The summed E-state index contributed by atoms with van der Waals surface area (Å²) in [5, 5.41) is 0. The summed E-state index contributed by atoms with van der Waals surface area (Å²) in [5.41, 5.74) is 2.22. The second-order valence-corrected chi connectivity index (χ2v) is 9.53. The molecule has 188 valence electrons. The van der Waals surface area contributed by atoms with E-state index in [0.29, 0.717) is 18.3 Å². The third-order valence-electron chi connectivity index (χ3n) is 5.75. The third-order valence-corrected chi connectivity index (χ3v) is 5.75. The zero-order valence-electron chi connectivity index (χ0n) is 22.4. The molecular formula is C32H48O2. The molecule has 0 aliphatic carbocycles. The minimum atomic E-state index is -0.133. The Morgan fingerprint density at radius 1 is 0.735 bits per heavy atom. The number of para-hydroxylation sites is 1. The average Bonchev–Trinajstić information content (AvgIpc) is 2.80. The average molecular weight is 465 g/mol. The van der Waals surface area contributed by atoms with Gasteiger partial charge in [-0.05, 0) is 67.9 Å². The molecule has 0 radical (unpaired) electrons. The lowest BCUT2D eigenvalue weighted by molar-refractivity contribution is -0.134. The smallest absolute Gasteiger partial charge is 0.311 e. The molecule has 0 saturated heterocycles. The minimum Gasteiger partial charge on any atom is -0.426 e. The van der Waals surface area contributed by atoms with Gasteiger partial charge in [-0.2, -0.15) is 0 Å². The van der Waals surface area contributed by atoms with Crippen molar-refractivity contribution in [1.29, 1.82) is 0 Å². The summed E-state index contributed by atoms with van der Waals surface area (Å²) in [6.45, 7) is 10.8. The Balaban J connectivity index is 2.23. The first kappa shape index (κ1) is 29.7. The highest BCUT2D eigenvalue weighted by Crippen LogP contribution is 2.34. The molecule has 0 fully saturated rings. The molecule has 1 aromatic carbocycles. The summed E-state index contributed by atoms with van der Waals surface area (Å²) in [7, 11) is 0.